The first-order valence-electron chi connectivity index (χ1n) is 7.24. The van der Waals surface area contributed by atoms with Crippen molar-refractivity contribution in [3.05, 3.63) is 0 Å². The fraction of sp³-hybridized carbons (Fsp3) is 0.857. The molecule has 0 aromatic rings. The number of piperazine rings is 1. The maximum atomic E-state index is 12.8. The van der Waals surface area contributed by atoms with Crippen LogP contribution in [0.5, 0.6) is 0 Å². The summed E-state index contributed by atoms with van der Waals surface area (Å²) in [6, 6.07) is -0.487. The van der Waals surface area contributed by atoms with Gasteiger partial charge in [-0.1, -0.05) is 26.7 Å². The van der Waals surface area contributed by atoms with Crippen molar-refractivity contribution in [1.82, 2.24) is 10.2 Å². The normalized spacial score (nSPS) is 30.9. The van der Waals surface area contributed by atoms with E-state index in [2.05, 4.69) is 19.2 Å². The number of carbonyl (C=O) groups excluding carboxylic acids is 2. The van der Waals surface area contributed by atoms with E-state index >= 15 is 0 Å². The molecule has 2 unspecified atom stereocenters. The van der Waals surface area contributed by atoms with Crippen molar-refractivity contribution in [1.29, 1.82) is 0 Å². The molecule has 1 aliphatic carbocycles. The van der Waals surface area contributed by atoms with Gasteiger partial charge in [0.25, 0.3) is 0 Å². The fourth-order valence-electron chi connectivity index (χ4n) is 3.37. The number of amides is 2. The molecular weight excluding hydrogens is 242 g/mol. The van der Waals surface area contributed by atoms with Gasteiger partial charge in [0.2, 0.25) is 11.8 Å². The zero-order valence-electron chi connectivity index (χ0n) is 11.9. The summed E-state index contributed by atoms with van der Waals surface area (Å²) >= 11 is 0. The predicted octanol–water partition coefficient (Wildman–Crippen LogP) is 0.489. The highest BCUT2D eigenvalue weighted by Crippen LogP contribution is 2.41. The van der Waals surface area contributed by atoms with Crippen LogP contribution in [0.4, 0.5) is 0 Å². The third-order valence-corrected chi connectivity index (χ3v) is 4.66. The summed E-state index contributed by atoms with van der Waals surface area (Å²) in [6.45, 7) is 6.13. The largest absolute Gasteiger partial charge is 0.368 e. The zero-order chi connectivity index (χ0) is 14.0. The molecule has 2 atom stereocenters. The Bertz CT molecular complexity index is 368. The van der Waals surface area contributed by atoms with Crippen molar-refractivity contribution in [2.45, 2.75) is 45.6 Å². The second-order valence-corrected chi connectivity index (χ2v) is 6.44. The third kappa shape index (κ3) is 2.91. The van der Waals surface area contributed by atoms with Crippen LogP contribution in [0.15, 0.2) is 0 Å². The molecule has 19 heavy (non-hydrogen) atoms. The standard InChI is InChI=1S/C14H25N3O2/c1-14(2)6-4-3-5-10(14)13(19)17-8-7-16-9-11(17)12(15)18/h10-11,16H,3-9H2,1-2H3,(H2,15,18). The quantitative estimate of drug-likeness (QED) is 0.764. The highest BCUT2D eigenvalue weighted by molar-refractivity contribution is 5.88. The third-order valence-electron chi connectivity index (χ3n) is 4.66. The van der Waals surface area contributed by atoms with Crippen molar-refractivity contribution in [2.24, 2.45) is 17.1 Å². The highest BCUT2D eigenvalue weighted by Gasteiger charge is 2.42. The van der Waals surface area contributed by atoms with Gasteiger partial charge < -0.3 is 16.0 Å². The highest BCUT2D eigenvalue weighted by atomic mass is 16.2. The van der Waals surface area contributed by atoms with E-state index in [0.717, 1.165) is 25.8 Å². The first-order chi connectivity index (χ1) is 8.93. The van der Waals surface area contributed by atoms with Crippen molar-refractivity contribution in [2.75, 3.05) is 19.6 Å². The van der Waals surface area contributed by atoms with Crippen LogP contribution in [0.25, 0.3) is 0 Å². The molecule has 2 fully saturated rings. The molecular formula is C14H25N3O2. The van der Waals surface area contributed by atoms with Crippen LogP contribution in [0.1, 0.15) is 39.5 Å². The van der Waals surface area contributed by atoms with E-state index in [1.165, 1.54) is 6.42 Å². The Kier molecular flexibility index (Phi) is 4.13. The summed E-state index contributed by atoms with van der Waals surface area (Å²) in [5, 5.41) is 3.13. The van der Waals surface area contributed by atoms with Crippen molar-refractivity contribution < 1.29 is 9.59 Å². The lowest BCUT2D eigenvalue weighted by atomic mass is 9.68. The van der Waals surface area contributed by atoms with Gasteiger partial charge >= 0.3 is 0 Å². The van der Waals surface area contributed by atoms with E-state index in [9.17, 15) is 9.59 Å². The topological polar surface area (TPSA) is 75.4 Å². The number of primary amides is 1. The zero-order valence-corrected chi connectivity index (χ0v) is 11.9. The Morgan fingerprint density at radius 2 is 2.05 bits per heavy atom. The molecule has 5 nitrogen and oxygen atoms in total. The van der Waals surface area contributed by atoms with E-state index in [-0.39, 0.29) is 17.2 Å². The van der Waals surface area contributed by atoms with Crippen molar-refractivity contribution >= 4 is 11.8 Å². The lowest BCUT2D eigenvalue weighted by Crippen LogP contribution is -2.61. The van der Waals surface area contributed by atoms with Crippen LogP contribution in [0.2, 0.25) is 0 Å². The van der Waals surface area contributed by atoms with E-state index in [1.54, 1.807) is 4.90 Å². The van der Waals surface area contributed by atoms with Gasteiger partial charge in [-0.2, -0.15) is 0 Å². The van der Waals surface area contributed by atoms with Crippen LogP contribution in [-0.4, -0.2) is 42.4 Å². The van der Waals surface area contributed by atoms with Crippen LogP contribution in [0.3, 0.4) is 0 Å². The molecule has 0 aromatic carbocycles. The van der Waals surface area contributed by atoms with E-state index in [0.29, 0.717) is 13.1 Å². The van der Waals surface area contributed by atoms with E-state index in [1.807, 2.05) is 0 Å². The average molecular weight is 267 g/mol. The monoisotopic (exact) mass is 267 g/mol. The minimum absolute atomic E-state index is 0.0289. The van der Waals surface area contributed by atoms with Gasteiger partial charge in [-0.3, -0.25) is 9.59 Å². The second kappa shape index (κ2) is 5.49. The number of hydrogen-bond acceptors (Lipinski definition) is 3. The smallest absolute Gasteiger partial charge is 0.241 e. The summed E-state index contributed by atoms with van der Waals surface area (Å²) in [4.78, 5) is 26.0. The molecule has 0 bridgehead atoms. The SMILES string of the molecule is CC1(C)CCCCC1C(=O)N1CCNCC1C(N)=O. The van der Waals surface area contributed by atoms with Gasteiger partial charge in [0.05, 0.1) is 0 Å². The van der Waals surface area contributed by atoms with Gasteiger partial charge in [-0.05, 0) is 18.3 Å². The van der Waals surface area contributed by atoms with Gasteiger partial charge in [0.1, 0.15) is 6.04 Å². The fourth-order valence-corrected chi connectivity index (χ4v) is 3.37. The van der Waals surface area contributed by atoms with E-state index < -0.39 is 11.9 Å². The number of nitrogens with one attached hydrogen (secondary N) is 1. The molecule has 2 aliphatic rings. The number of carbonyl (C=O) groups is 2. The van der Waals surface area contributed by atoms with Crippen molar-refractivity contribution in [3.8, 4) is 0 Å². The number of hydrogen-bond donors (Lipinski definition) is 2. The lowest BCUT2D eigenvalue weighted by molar-refractivity contribution is -0.148. The van der Waals surface area contributed by atoms with Gasteiger partial charge in [-0.15, -0.1) is 0 Å². The Balaban J connectivity index is 2.14. The molecule has 3 N–H and O–H groups in total. The van der Waals surface area contributed by atoms with Gasteiger partial charge in [0.15, 0.2) is 0 Å². The Morgan fingerprint density at radius 3 is 2.68 bits per heavy atom. The molecule has 1 saturated heterocycles. The molecule has 0 radical (unpaired) electrons. The molecule has 2 amide bonds. The first kappa shape index (κ1) is 14.3. The molecule has 0 spiro atoms. The molecule has 1 heterocycles. The first-order valence-corrected chi connectivity index (χ1v) is 7.24. The molecule has 2 rings (SSSR count). The second-order valence-electron chi connectivity index (χ2n) is 6.44. The van der Waals surface area contributed by atoms with Crippen LogP contribution >= 0.6 is 0 Å². The summed E-state index contributed by atoms with van der Waals surface area (Å²) in [7, 11) is 0. The minimum Gasteiger partial charge on any atom is -0.368 e. The molecule has 108 valence electrons. The average Bonchev–Trinajstić information content (AvgIpc) is 2.37. The molecule has 0 aromatic heterocycles. The summed E-state index contributed by atoms with van der Waals surface area (Å²) in [5.74, 6) is -0.259. The molecule has 1 aliphatic heterocycles. The number of nitrogens with zero attached hydrogens (tertiary/aromatic N) is 1. The lowest BCUT2D eigenvalue weighted by Gasteiger charge is -2.43. The number of rotatable bonds is 2. The predicted molar refractivity (Wildman–Crippen MR) is 73.3 cm³/mol. The summed E-state index contributed by atoms with van der Waals surface area (Å²) in [5.41, 5.74) is 5.45. The summed E-state index contributed by atoms with van der Waals surface area (Å²) in [6.07, 6.45) is 4.31. The van der Waals surface area contributed by atoms with Gasteiger partial charge in [0, 0.05) is 25.6 Å². The molecule has 1 saturated carbocycles. The van der Waals surface area contributed by atoms with Crippen LogP contribution in [-0.2, 0) is 9.59 Å². The Labute approximate surface area is 114 Å². The van der Waals surface area contributed by atoms with Crippen LogP contribution in [0, 0.1) is 11.3 Å². The van der Waals surface area contributed by atoms with E-state index in [4.69, 9.17) is 5.73 Å². The van der Waals surface area contributed by atoms with Crippen molar-refractivity contribution in [3.63, 3.8) is 0 Å². The maximum absolute atomic E-state index is 12.8. The maximum Gasteiger partial charge on any atom is 0.241 e. The minimum atomic E-state index is -0.487. The summed E-state index contributed by atoms with van der Waals surface area (Å²) < 4.78 is 0. The van der Waals surface area contributed by atoms with Crippen LogP contribution < -0.4 is 11.1 Å². The Hall–Kier alpha value is -1.10. The Morgan fingerprint density at radius 1 is 1.32 bits per heavy atom. The number of nitrogens with two attached hydrogens (primary N) is 1. The van der Waals surface area contributed by atoms with Gasteiger partial charge in [-0.25, -0.2) is 0 Å². The molecule has 5 heteroatoms.